The SMILES string of the molecule is CCCCC/C=C/C/C=C/C/C=C/C/C=C/C/C=C/CCC(=O)OC[C@H](COP(=O)(O)OCC[N+](C)(C)C)OC(=O)CCCCCCCCCCCCCCCCCC. The third-order valence-corrected chi connectivity index (χ3v) is 10.8. The van der Waals surface area contributed by atoms with Gasteiger partial charge in [-0.1, -0.05) is 184 Å². The Morgan fingerprint density at radius 1 is 0.525 bits per heavy atom. The van der Waals surface area contributed by atoms with Crippen LogP contribution in [0.1, 0.15) is 187 Å². The summed E-state index contributed by atoms with van der Waals surface area (Å²) in [6.07, 6.45) is 49.9. The lowest BCUT2D eigenvalue weighted by molar-refractivity contribution is -0.870. The van der Waals surface area contributed by atoms with Crippen molar-refractivity contribution in [3.05, 3.63) is 60.8 Å². The number of likely N-dealkylation sites (N-methyl/N-ethyl adjacent to an activating group) is 1. The molecule has 342 valence electrons. The summed E-state index contributed by atoms with van der Waals surface area (Å²) in [4.78, 5) is 35.4. The molecule has 10 heteroatoms. The van der Waals surface area contributed by atoms with E-state index in [2.05, 4.69) is 62.5 Å². The summed E-state index contributed by atoms with van der Waals surface area (Å²) < 4.78 is 34.3. The van der Waals surface area contributed by atoms with Crippen molar-refractivity contribution in [1.82, 2.24) is 0 Å². The summed E-state index contributed by atoms with van der Waals surface area (Å²) >= 11 is 0. The second-order valence-corrected chi connectivity index (χ2v) is 18.2. The fraction of sp³-hybridized carbons (Fsp3) is 0.755. The number of hydrogen-bond acceptors (Lipinski definition) is 7. The van der Waals surface area contributed by atoms with Gasteiger partial charge in [-0.15, -0.1) is 0 Å². The second-order valence-electron chi connectivity index (χ2n) is 16.8. The molecule has 0 aromatic carbocycles. The quantitative estimate of drug-likeness (QED) is 0.0213. The first-order valence-corrected chi connectivity index (χ1v) is 25.0. The molecule has 0 saturated carbocycles. The molecule has 0 radical (unpaired) electrons. The van der Waals surface area contributed by atoms with Crippen LogP contribution >= 0.6 is 7.82 Å². The predicted molar refractivity (Wildman–Crippen MR) is 247 cm³/mol. The molecule has 0 saturated heterocycles. The number of allylic oxidation sites excluding steroid dienone is 10. The van der Waals surface area contributed by atoms with Gasteiger partial charge in [-0.25, -0.2) is 4.57 Å². The first-order valence-electron chi connectivity index (χ1n) is 23.5. The molecule has 0 aliphatic heterocycles. The summed E-state index contributed by atoms with van der Waals surface area (Å²) in [6, 6.07) is 0. The fourth-order valence-corrected chi connectivity index (χ4v) is 6.86. The fourth-order valence-electron chi connectivity index (χ4n) is 6.11. The Kier molecular flexibility index (Phi) is 39.5. The van der Waals surface area contributed by atoms with E-state index in [1.807, 2.05) is 33.3 Å². The summed E-state index contributed by atoms with van der Waals surface area (Å²) in [5, 5.41) is 0. The molecule has 59 heavy (non-hydrogen) atoms. The van der Waals surface area contributed by atoms with Crippen LogP contribution in [0.25, 0.3) is 0 Å². The van der Waals surface area contributed by atoms with E-state index in [-0.39, 0.29) is 26.1 Å². The van der Waals surface area contributed by atoms with Crippen LogP contribution in [0.2, 0.25) is 0 Å². The lowest BCUT2D eigenvalue weighted by atomic mass is 10.0. The number of phosphoric ester groups is 1. The van der Waals surface area contributed by atoms with Crippen LogP contribution in [0.3, 0.4) is 0 Å². The normalized spacial score (nSPS) is 14.1. The minimum atomic E-state index is -4.39. The van der Waals surface area contributed by atoms with Crippen molar-refractivity contribution in [2.45, 2.75) is 193 Å². The molecule has 0 aliphatic carbocycles. The number of nitrogens with zero attached hydrogens (tertiary/aromatic N) is 1. The number of esters is 2. The van der Waals surface area contributed by atoms with Crippen molar-refractivity contribution in [3.63, 3.8) is 0 Å². The van der Waals surface area contributed by atoms with Crippen molar-refractivity contribution in [2.75, 3.05) is 47.5 Å². The maximum absolute atomic E-state index is 12.7. The van der Waals surface area contributed by atoms with E-state index in [0.29, 0.717) is 23.9 Å². The number of unbranched alkanes of at least 4 members (excludes halogenated alkanes) is 18. The number of phosphoric acid groups is 1. The highest BCUT2D eigenvalue weighted by molar-refractivity contribution is 7.47. The predicted octanol–water partition coefficient (Wildman–Crippen LogP) is 13.6. The number of hydrogen-bond donors (Lipinski definition) is 1. The number of carbonyl (C=O) groups excluding carboxylic acids is 2. The summed E-state index contributed by atoms with van der Waals surface area (Å²) in [5.74, 6) is -0.892. The van der Waals surface area contributed by atoms with Crippen LogP contribution in [0.5, 0.6) is 0 Å². The largest absolute Gasteiger partial charge is 0.472 e. The molecule has 0 aromatic rings. The minimum Gasteiger partial charge on any atom is -0.462 e. The maximum atomic E-state index is 12.7. The van der Waals surface area contributed by atoms with Crippen LogP contribution in [0.4, 0.5) is 0 Å². The lowest BCUT2D eigenvalue weighted by Crippen LogP contribution is -2.37. The average Bonchev–Trinajstić information content (AvgIpc) is 3.19. The van der Waals surface area contributed by atoms with E-state index in [1.165, 1.54) is 109 Å². The van der Waals surface area contributed by atoms with E-state index < -0.39 is 32.5 Å². The molecule has 9 nitrogen and oxygen atoms in total. The molecule has 1 unspecified atom stereocenters. The second kappa shape index (κ2) is 41.1. The highest BCUT2D eigenvalue weighted by Gasteiger charge is 2.27. The Bertz CT molecular complexity index is 1190. The van der Waals surface area contributed by atoms with Gasteiger partial charge < -0.3 is 18.9 Å². The Morgan fingerprint density at radius 3 is 1.42 bits per heavy atom. The summed E-state index contributed by atoms with van der Waals surface area (Å²) in [6.45, 7) is 4.32. The summed E-state index contributed by atoms with van der Waals surface area (Å²) in [5.41, 5.74) is 0. The standard InChI is InChI=1S/C49H88NO8P/c1-6-8-10-12-14-16-18-20-22-24-25-26-28-29-31-33-35-37-39-41-48(51)55-45-47(46-57-59(53,54)56-44-43-50(3,4)5)58-49(52)42-40-38-36-34-32-30-27-23-21-19-17-15-13-11-9-7-2/h14,16,20,22,25-26,29,31,35,37,47H,6-13,15,17-19,21,23-24,27-28,30,32-34,36,38-46H2,1-5H3/p+1/b16-14+,22-20+,26-25+,31-29+,37-35+/t47-/m1/s1. The molecular formula is C49H89NO8P+. The van der Waals surface area contributed by atoms with Gasteiger partial charge in [-0.3, -0.25) is 18.6 Å². The molecule has 0 heterocycles. The Morgan fingerprint density at radius 2 is 0.949 bits per heavy atom. The lowest BCUT2D eigenvalue weighted by Gasteiger charge is -2.24. The molecule has 0 aliphatic rings. The van der Waals surface area contributed by atoms with Crippen molar-refractivity contribution in [1.29, 1.82) is 0 Å². The number of rotatable bonds is 42. The van der Waals surface area contributed by atoms with Crippen LogP contribution in [-0.4, -0.2) is 74.9 Å². The molecule has 0 bridgehead atoms. The molecule has 0 fully saturated rings. The highest BCUT2D eigenvalue weighted by Crippen LogP contribution is 2.43. The van der Waals surface area contributed by atoms with Gasteiger partial charge in [0.2, 0.25) is 0 Å². The third-order valence-electron chi connectivity index (χ3n) is 9.81. The van der Waals surface area contributed by atoms with Gasteiger partial charge in [0.25, 0.3) is 0 Å². The average molecular weight is 851 g/mol. The van der Waals surface area contributed by atoms with Crippen LogP contribution < -0.4 is 0 Å². The number of ether oxygens (including phenoxy) is 2. The van der Waals surface area contributed by atoms with E-state index in [4.69, 9.17) is 18.5 Å². The topological polar surface area (TPSA) is 108 Å². The van der Waals surface area contributed by atoms with Crippen molar-refractivity contribution in [2.24, 2.45) is 0 Å². The molecule has 1 N–H and O–H groups in total. The molecule has 2 atom stereocenters. The van der Waals surface area contributed by atoms with E-state index in [9.17, 15) is 19.0 Å². The first-order chi connectivity index (χ1) is 28.5. The Balaban J connectivity index is 4.43. The Hall–Kier alpha value is -2.29. The third kappa shape index (κ3) is 45.1. The zero-order valence-corrected chi connectivity index (χ0v) is 39.4. The van der Waals surface area contributed by atoms with Crippen LogP contribution in [0.15, 0.2) is 60.8 Å². The monoisotopic (exact) mass is 851 g/mol. The maximum Gasteiger partial charge on any atom is 0.472 e. The summed E-state index contributed by atoms with van der Waals surface area (Å²) in [7, 11) is 1.44. The van der Waals surface area contributed by atoms with Gasteiger partial charge in [0.15, 0.2) is 6.10 Å². The van der Waals surface area contributed by atoms with Gasteiger partial charge in [0.1, 0.15) is 19.8 Å². The van der Waals surface area contributed by atoms with Gasteiger partial charge in [-0.2, -0.15) is 0 Å². The van der Waals surface area contributed by atoms with Gasteiger partial charge in [-0.05, 0) is 51.4 Å². The highest BCUT2D eigenvalue weighted by atomic mass is 31.2. The molecule has 0 spiro atoms. The molecular weight excluding hydrogens is 762 g/mol. The Labute approximate surface area is 362 Å². The minimum absolute atomic E-state index is 0.0197. The van der Waals surface area contributed by atoms with Crippen LogP contribution in [-0.2, 0) is 32.7 Å². The number of carbonyl (C=O) groups is 2. The first kappa shape index (κ1) is 56.7. The molecule has 0 rings (SSSR count). The number of quaternary nitrogens is 1. The molecule has 0 aromatic heterocycles. The van der Waals surface area contributed by atoms with Crippen LogP contribution in [0, 0.1) is 0 Å². The van der Waals surface area contributed by atoms with Gasteiger partial charge in [0.05, 0.1) is 27.7 Å². The zero-order valence-electron chi connectivity index (χ0n) is 38.5. The van der Waals surface area contributed by atoms with Gasteiger partial charge in [0, 0.05) is 12.8 Å². The van der Waals surface area contributed by atoms with E-state index in [1.54, 1.807) is 0 Å². The smallest absolute Gasteiger partial charge is 0.462 e. The van der Waals surface area contributed by atoms with Crippen molar-refractivity contribution in [3.8, 4) is 0 Å². The van der Waals surface area contributed by atoms with Crippen molar-refractivity contribution < 1.29 is 42.1 Å². The zero-order chi connectivity index (χ0) is 43.6. The van der Waals surface area contributed by atoms with E-state index >= 15 is 0 Å². The van der Waals surface area contributed by atoms with E-state index in [0.717, 1.165) is 38.5 Å². The molecule has 0 amide bonds. The van der Waals surface area contributed by atoms with Gasteiger partial charge >= 0.3 is 19.8 Å². The van der Waals surface area contributed by atoms with Crippen molar-refractivity contribution >= 4 is 19.8 Å².